The van der Waals surface area contributed by atoms with Gasteiger partial charge in [0, 0.05) is 17.3 Å². The van der Waals surface area contributed by atoms with E-state index in [-0.39, 0.29) is 6.04 Å². The van der Waals surface area contributed by atoms with Crippen LogP contribution in [0.3, 0.4) is 0 Å². The Balaban J connectivity index is 1.97. The average molecular weight is 268 g/mol. The maximum Gasteiger partial charge on any atom is 0.0931 e. The van der Waals surface area contributed by atoms with Crippen molar-refractivity contribution in [3.8, 4) is 0 Å². The Kier molecular flexibility index (Phi) is 4.50. The SMILES string of the molecule is NNC(CCc1cccnc1)c1ccc(Cl)s1. The van der Waals surface area contributed by atoms with E-state index < -0.39 is 0 Å². The number of halogens is 1. The fraction of sp³-hybridized carbons (Fsp3) is 0.250. The van der Waals surface area contributed by atoms with Crippen molar-refractivity contribution in [2.75, 3.05) is 0 Å². The first kappa shape index (κ1) is 12.5. The number of hydrogen-bond acceptors (Lipinski definition) is 4. The van der Waals surface area contributed by atoms with Crippen molar-refractivity contribution in [1.82, 2.24) is 10.4 Å². The summed E-state index contributed by atoms with van der Waals surface area (Å²) in [6, 6.07) is 8.08. The van der Waals surface area contributed by atoms with Gasteiger partial charge < -0.3 is 0 Å². The lowest BCUT2D eigenvalue weighted by Crippen LogP contribution is -2.27. The smallest absolute Gasteiger partial charge is 0.0931 e. The second-order valence-corrected chi connectivity index (χ2v) is 5.51. The zero-order chi connectivity index (χ0) is 12.1. The van der Waals surface area contributed by atoms with Gasteiger partial charge in [0.05, 0.1) is 10.4 Å². The largest absolute Gasteiger partial charge is 0.271 e. The number of thiophene rings is 1. The Morgan fingerprint density at radius 3 is 2.88 bits per heavy atom. The molecule has 0 aliphatic rings. The van der Waals surface area contributed by atoms with E-state index in [4.69, 9.17) is 17.4 Å². The Morgan fingerprint density at radius 1 is 1.41 bits per heavy atom. The van der Waals surface area contributed by atoms with E-state index in [1.54, 1.807) is 17.5 Å². The number of hydrazine groups is 1. The van der Waals surface area contributed by atoms with Gasteiger partial charge in [-0.2, -0.15) is 0 Å². The lowest BCUT2D eigenvalue weighted by Gasteiger charge is -2.13. The van der Waals surface area contributed by atoms with Crippen LogP contribution in [0.2, 0.25) is 4.34 Å². The first-order chi connectivity index (χ1) is 8.29. The van der Waals surface area contributed by atoms with E-state index in [1.807, 2.05) is 24.4 Å². The molecule has 2 heterocycles. The highest BCUT2D eigenvalue weighted by molar-refractivity contribution is 7.16. The van der Waals surface area contributed by atoms with E-state index >= 15 is 0 Å². The topological polar surface area (TPSA) is 50.9 Å². The maximum absolute atomic E-state index is 5.92. The van der Waals surface area contributed by atoms with Crippen molar-refractivity contribution < 1.29 is 0 Å². The average Bonchev–Trinajstić information content (AvgIpc) is 2.78. The molecule has 3 N–H and O–H groups in total. The number of aromatic nitrogens is 1. The molecule has 5 heteroatoms. The van der Waals surface area contributed by atoms with E-state index in [1.165, 1.54) is 10.4 Å². The number of rotatable bonds is 5. The third-order valence-corrected chi connectivity index (χ3v) is 3.93. The van der Waals surface area contributed by atoms with E-state index in [0.717, 1.165) is 17.2 Å². The van der Waals surface area contributed by atoms with Crippen LogP contribution in [0.4, 0.5) is 0 Å². The first-order valence-corrected chi connectivity index (χ1v) is 6.59. The molecule has 0 saturated heterocycles. The summed E-state index contributed by atoms with van der Waals surface area (Å²) in [6.45, 7) is 0. The minimum Gasteiger partial charge on any atom is -0.271 e. The normalized spacial score (nSPS) is 12.6. The van der Waals surface area contributed by atoms with Crippen LogP contribution in [0.15, 0.2) is 36.7 Å². The lowest BCUT2D eigenvalue weighted by atomic mass is 10.1. The van der Waals surface area contributed by atoms with Gasteiger partial charge in [0.1, 0.15) is 0 Å². The van der Waals surface area contributed by atoms with Crippen LogP contribution in [0.5, 0.6) is 0 Å². The zero-order valence-electron chi connectivity index (χ0n) is 9.27. The van der Waals surface area contributed by atoms with Gasteiger partial charge in [-0.15, -0.1) is 11.3 Å². The molecule has 0 amide bonds. The number of aryl methyl sites for hydroxylation is 1. The number of nitrogens with zero attached hydrogens (tertiary/aromatic N) is 1. The molecule has 0 aromatic carbocycles. The zero-order valence-corrected chi connectivity index (χ0v) is 10.8. The molecule has 0 aliphatic carbocycles. The number of pyridine rings is 1. The standard InChI is InChI=1S/C12H14ClN3S/c13-12-6-5-11(17-12)10(16-14)4-3-9-2-1-7-15-8-9/h1-2,5-8,10,16H,3-4,14H2. The van der Waals surface area contributed by atoms with Crippen LogP contribution >= 0.6 is 22.9 Å². The molecule has 2 aromatic rings. The number of nitrogens with one attached hydrogen (secondary N) is 1. The van der Waals surface area contributed by atoms with Gasteiger partial charge in [0.15, 0.2) is 0 Å². The molecule has 0 radical (unpaired) electrons. The van der Waals surface area contributed by atoms with Crippen molar-refractivity contribution in [2.24, 2.45) is 5.84 Å². The van der Waals surface area contributed by atoms with Crippen molar-refractivity contribution in [1.29, 1.82) is 0 Å². The predicted octanol–water partition coefficient (Wildman–Crippen LogP) is 2.93. The molecule has 1 atom stereocenters. The summed E-state index contributed by atoms with van der Waals surface area (Å²) in [4.78, 5) is 5.26. The first-order valence-electron chi connectivity index (χ1n) is 5.40. The molecule has 90 valence electrons. The van der Waals surface area contributed by atoms with E-state index in [9.17, 15) is 0 Å². The van der Waals surface area contributed by atoms with Gasteiger partial charge in [-0.3, -0.25) is 16.3 Å². The molecular formula is C12H14ClN3S. The van der Waals surface area contributed by atoms with Gasteiger partial charge >= 0.3 is 0 Å². The minimum atomic E-state index is 0.146. The van der Waals surface area contributed by atoms with Crippen LogP contribution in [0, 0.1) is 0 Å². The Morgan fingerprint density at radius 2 is 2.29 bits per heavy atom. The number of hydrogen-bond donors (Lipinski definition) is 2. The molecule has 0 fully saturated rings. The molecule has 0 spiro atoms. The monoisotopic (exact) mass is 267 g/mol. The Hall–Kier alpha value is -0.940. The third kappa shape index (κ3) is 3.51. The summed E-state index contributed by atoms with van der Waals surface area (Å²) >= 11 is 7.48. The lowest BCUT2D eigenvalue weighted by molar-refractivity contribution is 0.524. The summed E-state index contributed by atoms with van der Waals surface area (Å²) in [5, 5.41) is 0. The molecule has 1 unspecified atom stereocenters. The summed E-state index contributed by atoms with van der Waals surface area (Å²) in [5.74, 6) is 5.58. The minimum absolute atomic E-state index is 0.146. The summed E-state index contributed by atoms with van der Waals surface area (Å²) < 4.78 is 0.793. The van der Waals surface area contributed by atoms with Crippen molar-refractivity contribution in [3.05, 3.63) is 51.4 Å². The Bertz CT molecular complexity index is 458. The van der Waals surface area contributed by atoms with Gasteiger partial charge in [-0.05, 0) is 36.6 Å². The quantitative estimate of drug-likeness (QED) is 0.647. The molecule has 0 bridgehead atoms. The van der Waals surface area contributed by atoms with Crippen molar-refractivity contribution in [3.63, 3.8) is 0 Å². The summed E-state index contributed by atoms with van der Waals surface area (Å²) in [7, 11) is 0. The van der Waals surface area contributed by atoms with Crippen LogP contribution in [-0.4, -0.2) is 4.98 Å². The third-order valence-electron chi connectivity index (χ3n) is 2.58. The Labute approximate surface area is 110 Å². The highest BCUT2D eigenvalue weighted by atomic mass is 35.5. The molecule has 3 nitrogen and oxygen atoms in total. The number of nitrogens with two attached hydrogens (primary N) is 1. The molecule has 2 aromatic heterocycles. The predicted molar refractivity (Wildman–Crippen MR) is 72.0 cm³/mol. The summed E-state index contributed by atoms with van der Waals surface area (Å²) in [5.41, 5.74) is 4.05. The van der Waals surface area contributed by atoms with Crippen LogP contribution in [0.25, 0.3) is 0 Å². The van der Waals surface area contributed by atoms with Crippen LogP contribution in [0.1, 0.15) is 22.9 Å². The van der Waals surface area contributed by atoms with Crippen molar-refractivity contribution in [2.45, 2.75) is 18.9 Å². The van der Waals surface area contributed by atoms with Gasteiger partial charge in [-0.1, -0.05) is 17.7 Å². The second kappa shape index (κ2) is 6.12. The molecule has 17 heavy (non-hydrogen) atoms. The van der Waals surface area contributed by atoms with Crippen LogP contribution in [-0.2, 0) is 6.42 Å². The van der Waals surface area contributed by atoms with E-state index in [2.05, 4.69) is 16.5 Å². The fourth-order valence-electron chi connectivity index (χ4n) is 1.68. The van der Waals surface area contributed by atoms with E-state index in [0.29, 0.717) is 0 Å². The summed E-state index contributed by atoms with van der Waals surface area (Å²) in [6.07, 6.45) is 5.54. The molecule has 2 rings (SSSR count). The highest BCUT2D eigenvalue weighted by Crippen LogP contribution is 2.28. The van der Waals surface area contributed by atoms with Gasteiger partial charge in [0.2, 0.25) is 0 Å². The van der Waals surface area contributed by atoms with Gasteiger partial charge in [-0.25, -0.2) is 0 Å². The maximum atomic E-state index is 5.92. The highest BCUT2D eigenvalue weighted by Gasteiger charge is 2.12. The second-order valence-electron chi connectivity index (χ2n) is 3.76. The molecular weight excluding hydrogens is 254 g/mol. The van der Waals surface area contributed by atoms with Gasteiger partial charge in [0.25, 0.3) is 0 Å². The molecule has 0 saturated carbocycles. The van der Waals surface area contributed by atoms with Crippen molar-refractivity contribution >= 4 is 22.9 Å². The molecule has 0 aliphatic heterocycles. The van der Waals surface area contributed by atoms with Crippen LogP contribution < -0.4 is 11.3 Å². The fourth-order valence-corrected chi connectivity index (χ4v) is 2.84.